The maximum absolute atomic E-state index is 13.1. The van der Waals surface area contributed by atoms with Crippen LogP contribution < -0.4 is 4.72 Å². The number of hydrogen-bond acceptors (Lipinski definition) is 5. The van der Waals surface area contributed by atoms with Gasteiger partial charge in [-0.1, -0.05) is 45.9 Å². The molecule has 0 aliphatic heterocycles. The summed E-state index contributed by atoms with van der Waals surface area (Å²) in [6.07, 6.45) is 3.51. The number of rotatable bonds is 6. The van der Waals surface area contributed by atoms with Gasteiger partial charge in [0.15, 0.2) is 0 Å². The van der Waals surface area contributed by atoms with Crippen LogP contribution in [-0.2, 0) is 26.8 Å². The second-order valence-electron chi connectivity index (χ2n) is 10.5. The Morgan fingerprint density at radius 2 is 1.70 bits per heavy atom. The topological polar surface area (TPSA) is 96.6 Å². The first-order valence-electron chi connectivity index (χ1n) is 12.0. The highest BCUT2D eigenvalue weighted by Gasteiger charge is 2.46. The van der Waals surface area contributed by atoms with Crippen LogP contribution in [0, 0.1) is 5.92 Å². The third-order valence-electron chi connectivity index (χ3n) is 7.52. The van der Waals surface area contributed by atoms with Crippen molar-refractivity contribution < 1.29 is 22.7 Å². The molecular formula is C26H35NO5S. The number of fused-ring (bicyclic) bond motifs is 2. The lowest BCUT2D eigenvalue weighted by Crippen LogP contribution is -2.33. The molecule has 1 saturated carbocycles. The van der Waals surface area contributed by atoms with Gasteiger partial charge in [-0.25, -0.2) is 4.72 Å². The average molecular weight is 474 g/mol. The van der Waals surface area contributed by atoms with E-state index in [1.807, 2.05) is 18.2 Å². The number of furan rings is 1. The molecule has 1 amide bonds. The molecule has 1 unspecified atom stereocenters. The highest BCUT2D eigenvalue weighted by Crippen LogP contribution is 2.52. The molecule has 2 aromatic rings. The van der Waals surface area contributed by atoms with E-state index in [2.05, 4.69) is 32.4 Å². The molecule has 1 aromatic carbocycles. The van der Waals surface area contributed by atoms with E-state index in [-0.39, 0.29) is 35.2 Å². The van der Waals surface area contributed by atoms with Crippen LogP contribution in [0.15, 0.2) is 33.8 Å². The summed E-state index contributed by atoms with van der Waals surface area (Å²) >= 11 is 0. The van der Waals surface area contributed by atoms with Crippen LogP contribution in [0.1, 0.15) is 106 Å². The molecule has 1 fully saturated rings. The molecule has 7 heteroatoms. The molecule has 3 aliphatic rings. The largest absolute Gasteiger partial charge is 0.447 e. The van der Waals surface area contributed by atoms with Crippen molar-refractivity contribution in [3.8, 4) is 0 Å². The molecule has 1 heterocycles. The van der Waals surface area contributed by atoms with E-state index in [0.717, 1.165) is 42.4 Å². The number of benzene rings is 1. The Balaban J connectivity index is 1.61. The second-order valence-corrected chi connectivity index (χ2v) is 12.1. The van der Waals surface area contributed by atoms with Crippen LogP contribution in [0.5, 0.6) is 0 Å². The SMILES string of the molecule is CC(C)c1cccc(C(C)C)c1CC(=O)NS(=O)(=O)c1cc2c(o1)C1CCC(CC1)C2(C)O. The Bertz CT molecular complexity index is 1130. The Morgan fingerprint density at radius 3 is 2.24 bits per heavy atom. The normalized spacial score (nSPS) is 24.7. The predicted octanol–water partition coefficient (Wildman–Crippen LogP) is 5.07. The molecule has 0 spiro atoms. The number of hydrogen-bond donors (Lipinski definition) is 2. The van der Waals surface area contributed by atoms with Crippen molar-refractivity contribution in [1.82, 2.24) is 4.72 Å². The molecule has 2 N–H and O–H groups in total. The zero-order chi connectivity index (χ0) is 24.1. The fourth-order valence-electron chi connectivity index (χ4n) is 5.66. The van der Waals surface area contributed by atoms with Crippen molar-refractivity contribution >= 4 is 15.9 Å². The fourth-order valence-corrected chi connectivity index (χ4v) is 6.60. The number of carbonyl (C=O) groups excluding carboxylic acids is 1. The van der Waals surface area contributed by atoms with E-state index in [1.165, 1.54) is 6.07 Å². The van der Waals surface area contributed by atoms with Crippen LogP contribution in [0.4, 0.5) is 0 Å². The summed E-state index contributed by atoms with van der Waals surface area (Å²) in [6.45, 7) is 9.99. The van der Waals surface area contributed by atoms with Gasteiger partial charge in [0.25, 0.3) is 10.0 Å². The molecular weight excluding hydrogens is 438 g/mol. The van der Waals surface area contributed by atoms with Crippen LogP contribution in [0.25, 0.3) is 0 Å². The van der Waals surface area contributed by atoms with Crippen molar-refractivity contribution in [2.45, 2.75) is 95.2 Å². The first-order valence-corrected chi connectivity index (χ1v) is 13.4. The van der Waals surface area contributed by atoms with E-state index < -0.39 is 21.5 Å². The van der Waals surface area contributed by atoms with E-state index >= 15 is 0 Å². The zero-order valence-corrected chi connectivity index (χ0v) is 21.0. The Labute approximate surface area is 196 Å². The monoisotopic (exact) mass is 473 g/mol. The van der Waals surface area contributed by atoms with Crippen molar-refractivity contribution in [3.05, 3.63) is 52.3 Å². The summed E-state index contributed by atoms with van der Waals surface area (Å²) in [7, 11) is -4.20. The third-order valence-corrected chi connectivity index (χ3v) is 8.75. The van der Waals surface area contributed by atoms with Crippen LogP contribution in [0.2, 0.25) is 0 Å². The molecule has 1 atom stereocenters. The Kier molecular flexibility index (Phi) is 6.25. The minimum Gasteiger partial charge on any atom is -0.447 e. The number of carbonyl (C=O) groups is 1. The van der Waals surface area contributed by atoms with Crippen LogP contribution >= 0.6 is 0 Å². The maximum Gasteiger partial charge on any atom is 0.297 e. The van der Waals surface area contributed by atoms with Crippen LogP contribution in [0.3, 0.4) is 0 Å². The fraction of sp³-hybridized carbons (Fsp3) is 0.577. The first-order chi connectivity index (χ1) is 15.4. The highest BCUT2D eigenvalue weighted by molar-refractivity contribution is 7.89. The second kappa shape index (κ2) is 8.58. The highest BCUT2D eigenvalue weighted by atomic mass is 32.2. The molecule has 5 rings (SSSR count). The molecule has 33 heavy (non-hydrogen) atoms. The summed E-state index contributed by atoms with van der Waals surface area (Å²) in [6, 6.07) is 7.39. The maximum atomic E-state index is 13.1. The lowest BCUT2D eigenvalue weighted by molar-refractivity contribution is -0.118. The van der Waals surface area contributed by atoms with Crippen molar-refractivity contribution in [2.75, 3.05) is 0 Å². The van der Waals surface area contributed by atoms with E-state index in [9.17, 15) is 18.3 Å². The minimum atomic E-state index is -4.20. The third kappa shape index (κ3) is 4.37. The molecule has 2 bridgehead atoms. The van der Waals surface area contributed by atoms with Crippen molar-refractivity contribution in [3.63, 3.8) is 0 Å². The van der Waals surface area contributed by atoms with Crippen molar-refractivity contribution in [1.29, 1.82) is 0 Å². The predicted molar refractivity (Wildman–Crippen MR) is 127 cm³/mol. The van der Waals surface area contributed by atoms with Gasteiger partial charge in [-0.3, -0.25) is 4.79 Å². The lowest BCUT2D eigenvalue weighted by Gasteiger charge is -2.32. The van der Waals surface area contributed by atoms with E-state index in [0.29, 0.717) is 11.3 Å². The lowest BCUT2D eigenvalue weighted by atomic mass is 9.77. The molecule has 180 valence electrons. The number of nitrogens with one attached hydrogen (secondary N) is 1. The van der Waals surface area contributed by atoms with Crippen LogP contribution in [-0.4, -0.2) is 19.4 Å². The first kappa shape index (κ1) is 24.0. The summed E-state index contributed by atoms with van der Waals surface area (Å²) in [4.78, 5) is 12.9. The molecule has 0 saturated heterocycles. The smallest absolute Gasteiger partial charge is 0.297 e. The molecule has 6 nitrogen and oxygen atoms in total. The van der Waals surface area contributed by atoms with Gasteiger partial charge >= 0.3 is 0 Å². The zero-order valence-electron chi connectivity index (χ0n) is 20.1. The summed E-state index contributed by atoms with van der Waals surface area (Å²) < 4.78 is 34.2. The molecule has 3 aliphatic carbocycles. The molecule has 0 radical (unpaired) electrons. The van der Waals surface area contributed by atoms with E-state index in [4.69, 9.17) is 4.42 Å². The van der Waals surface area contributed by atoms with Gasteiger partial charge in [-0.2, -0.15) is 8.42 Å². The quantitative estimate of drug-likeness (QED) is 0.611. The van der Waals surface area contributed by atoms with Gasteiger partial charge in [0.05, 0.1) is 12.0 Å². The summed E-state index contributed by atoms with van der Waals surface area (Å²) in [5.41, 5.74) is 2.39. The van der Waals surface area contributed by atoms with Gasteiger partial charge in [0.1, 0.15) is 5.76 Å². The number of aliphatic hydroxyl groups is 1. The van der Waals surface area contributed by atoms with Gasteiger partial charge < -0.3 is 9.52 Å². The standard InChI is InChI=1S/C26H35NO5S/c1-15(2)19-7-6-8-20(16(3)4)21(19)13-23(28)27-33(30,31)24-14-22-25(32-24)17-9-11-18(12-10-17)26(22,5)29/h6-8,14-18,29H,9-13H2,1-5H3,(H,27,28). The Hall–Kier alpha value is -2.12. The van der Waals surface area contributed by atoms with Gasteiger partial charge in [0, 0.05) is 17.5 Å². The summed E-state index contributed by atoms with van der Waals surface area (Å²) in [5, 5.41) is 10.9. The number of sulfonamides is 1. The Morgan fingerprint density at radius 1 is 1.12 bits per heavy atom. The van der Waals surface area contributed by atoms with Gasteiger partial charge in [0.2, 0.25) is 11.0 Å². The average Bonchev–Trinajstić information content (AvgIpc) is 3.14. The van der Waals surface area contributed by atoms with E-state index in [1.54, 1.807) is 6.92 Å². The van der Waals surface area contributed by atoms with Gasteiger partial charge in [-0.05, 0) is 67.1 Å². The number of amides is 1. The van der Waals surface area contributed by atoms with Gasteiger partial charge in [-0.15, -0.1) is 0 Å². The molecule has 1 aromatic heterocycles. The minimum absolute atomic E-state index is 0.0239. The summed E-state index contributed by atoms with van der Waals surface area (Å²) in [5.74, 6) is 0.573. The van der Waals surface area contributed by atoms with Crippen molar-refractivity contribution in [2.24, 2.45) is 5.92 Å².